The molecule has 2 aromatic rings. The van der Waals surface area contributed by atoms with Crippen molar-refractivity contribution in [1.29, 1.82) is 0 Å². The molecule has 1 aliphatic rings. The molecule has 116 valence electrons. The van der Waals surface area contributed by atoms with Gasteiger partial charge in [0.05, 0.1) is 11.1 Å². The molecule has 3 rings (SSSR count). The number of hydrogen-bond acceptors (Lipinski definition) is 4. The second kappa shape index (κ2) is 6.10. The second-order valence-electron chi connectivity index (χ2n) is 5.49. The fraction of sp³-hybridized carbons (Fsp3) is 0.375. The Balaban J connectivity index is 1.99. The highest BCUT2D eigenvalue weighted by Crippen LogP contribution is 2.32. The largest absolute Gasteiger partial charge is 0.391 e. The first kappa shape index (κ1) is 15.1. The Hall–Kier alpha value is -1.85. The average Bonchev–Trinajstić information content (AvgIpc) is 2.88. The molecule has 2 heterocycles. The molecule has 1 aliphatic heterocycles. The zero-order valence-electron chi connectivity index (χ0n) is 12.3. The van der Waals surface area contributed by atoms with Crippen molar-refractivity contribution in [1.82, 2.24) is 10.1 Å². The van der Waals surface area contributed by atoms with E-state index in [2.05, 4.69) is 5.16 Å². The molecule has 22 heavy (non-hydrogen) atoms. The predicted molar refractivity (Wildman–Crippen MR) is 82.8 cm³/mol. The van der Waals surface area contributed by atoms with Gasteiger partial charge in [0, 0.05) is 18.7 Å². The highest BCUT2D eigenvalue weighted by molar-refractivity contribution is 6.33. The fourth-order valence-electron chi connectivity index (χ4n) is 2.76. The molecule has 1 unspecified atom stereocenters. The number of carbonyl (C=O) groups is 1. The van der Waals surface area contributed by atoms with Crippen LogP contribution in [0.1, 0.15) is 29.0 Å². The molecule has 1 aromatic carbocycles. The highest BCUT2D eigenvalue weighted by Gasteiger charge is 2.29. The van der Waals surface area contributed by atoms with Crippen molar-refractivity contribution in [2.45, 2.75) is 25.9 Å². The molecule has 1 atom stereocenters. The number of aromatic nitrogens is 1. The maximum atomic E-state index is 12.8. The first-order valence-electron chi connectivity index (χ1n) is 7.26. The Labute approximate surface area is 133 Å². The van der Waals surface area contributed by atoms with Crippen LogP contribution in [0.5, 0.6) is 0 Å². The van der Waals surface area contributed by atoms with E-state index in [-0.39, 0.29) is 5.91 Å². The normalized spacial score (nSPS) is 18.5. The van der Waals surface area contributed by atoms with Crippen LogP contribution in [0.25, 0.3) is 11.3 Å². The van der Waals surface area contributed by atoms with Crippen molar-refractivity contribution in [2.24, 2.45) is 0 Å². The molecule has 1 N–H and O–H groups in total. The number of amides is 1. The molecule has 0 spiro atoms. The van der Waals surface area contributed by atoms with E-state index in [1.165, 1.54) is 0 Å². The third-order valence-corrected chi connectivity index (χ3v) is 4.22. The second-order valence-corrected chi connectivity index (χ2v) is 5.90. The van der Waals surface area contributed by atoms with E-state index < -0.39 is 6.10 Å². The lowest BCUT2D eigenvalue weighted by Gasteiger charge is -2.30. The number of likely N-dealkylation sites (tertiary alicyclic amines) is 1. The molecule has 1 amide bonds. The minimum atomic E-state index is -0.471. The molecular formula is C16H17ClN2O3. The summed E-state index contributed by atoms with van der Waals surface area (Å²) in [5.41, 5.74) is 1.54. The smallest absolute Gasteiger partial charge is 0.259 e. The molecule has 1 saturated heterocycles. The van der Waals surface area contributed by atoms with E-state index in [0.717, 1.165) is 12.8 Å². The van der Waals surface area contributed by atoms with Gasteiger partial charge in [-0.2, -0.15) is 0 Å². The van der Waals surface area contributed by atoms with Crippen LogP contribution in [-0.2, 0) is 0 Å². The van der Waals surface area contributed by atoms with Gasteiger partial charge in [-0.25, -0.2) is 0 Å². The Kier molecular flexibility index (Phi) is 4.18. The van der Waals surface area contributed by atoms with E-state index in [0.29, 0.717) is 40.7 Å². The summed E-state index contributed by atoms with van der Waals surface area (Å²) in [5, 5.41) is 14.3. The lowest BCUT2D eigenvalue weighted by Crippen LogP contribution is -2.42. The number of rotatable bonds is 2. The summed E-state index contributed by atoms with van der Waals surface area (Å²) in [6, 6.07) is 7.21. The summed E-state index contributed by atoms with van der Waals surface area (Å²) < 4.78 is 5.23. The van der Waals surface area contributed by atoms with Crippen molar-refractivity contribution in [2.75, 3.05) is 13.1 Å². The van der Waals surface area contributed by atoms with Crippen molar-refractivity contribution in [3.8, 4) is 11.3 Å². The molecule has 0 bridgehead atoms. The zero-order chi connectivity index (χ0) is 15.7. The summed E-state index contributed by atoms with van der Waals surface area (Å²) in [6.07, 6.45) is 1.05. The van der Waals surface area contributed by atoms with Crippen molar-refractivity contribution < 1.29 is 14.4 Å². The lowest BCUT2D eigenvalue weighted by molar-refractivity contribution is 0.0473. The Morgan fingerprint density at radius 1 is 1.45 bits per heavy atom. The Morgan fingerprint density at radius 2 is 2.23 bits per heavy atom. The topological polar surface area (TPSA) is 66.6 Å². The van der Waals surface area contributed by atoms with E-state index in [4.69, 9.17) is 16.1 Å². The van der Waals surface area contributed by atoms with Gasteiger partial charge in [-0.3, -0.25) is 4.79 Å². The quantitative estimate of drug-likeness (QED) is 0.924. The van der Waals surface area contributed by atoms with E-state index in [1.807, 2.05) is 18.2 Å². The monoisotopic (exact) mass is 320 g/mol. The minimum absolute atomic E-state index is 0.174. The SMILES string of the molecule is Cc1onc(-c2ccccc2Cl)c1C(=O)N1CCCC(O)C1. The first-order valence-corrected chi connectivity index (χ1v) is 7.64. The van der Waals surface area contributed by atoms with Crippen molar-refractivity contribution >= 4 is 17.5 Å². The lowest BCUT2D eigenvalue weighted by atomic mass is 10.0. The van der Waals surface area contributed by atoms with E-state index in [9.17, 15) is 9.90 Å². The highest BCUT2D eigenvalue weighted by atomic mass is 35.5. The van der Waals surface area contributed by atoms with Crippen LogP contribution < -0.4 is 0 Å². The van der Waals surface area contributed by atoms with Crippen LogP contribution in [0.15, 0.2) is 28.8 Å². The number of carbonyl (C=O) groups excluding carboxylic acids is 1. The van der Waals surface area contributed by atoms with E-state index >= 15 is 0 Å². The van der Waals surface area contributed by atoms with Crippen LogP contribution in [-0.4, -0.2) is 40.3 Å². The number of aryl methyl sites for hydroxylation is 1. The fourth-order valence-corrected chi connectivity index (χ4v) is 2.98. The summed E-state index contributed by atoms with van der Waals surface area (Å²) in [4.78, 5) is 14.5. The maximum absolute atomic E-state index is 12.8. The van der Waals surface area contributed by atoms with Gasteiger partial charge in [0.2, 0.25) is 0 Å². The molecular weight excluding hydrogens is 304 g/mol. The number of halogens is 1. The summed E-state index contributed by atoms with van der Waals surface area (Å²) in [6.45, 7) is 2.68. The molecule has 0 saturated carbocycles. The van der Waals surface area contributed by atoms with Crippen LogP contribution >= 0.6 is 11.6 Å². The van der Waals surface area contributed by atoms with Gasteiger partial charge >= 0.3 is 0 Å². The van der Waals surface area contributed by atoms with Crippen molar-refractivity contribution in [3.05, 3.63) is 40.6 Å². The van der Waals surface area contributed by atoms with Crippen LogP contribution in [0.2, 0.25) is 5.02 Å². The number of aliphatic hydroxyl groups is 1. The maximum Gasteiger partial charge on any atom is 0.259 e. The predicted octanol–water partition coefficient (Wildman–Crippen LogP) is 2.90. The number of β-amino-alcohol motifs (C(OH)–C–C–N with tert-alkyl or cyclic N) is 1. The number of nitrogens with zero attached hydrogens (tertiary/aromatic N) is 2. The van der Waals surface area contributed by atoms with Gasteiger partial charge in [0.1, 0.15) is 17.0 Å². The standard InChI is InChI=1S/C16H17ClN2O3/c1-10-14(16(21)19-8-4-5-11(20)9-19)15(18-22-10)12-6-2-3-7-13(12)17/h2-3,6-7,11,20H,4-5,8-9H2,1H3. The number of piperidine rings is 1. The minimum Gasteiger partial charge on any atom is -0.391 e. The molecule has 1 aromatic heterocycles. The number of hydrogen-bond donors (Lipinski definition) is 1. The number of aliphatic hydroxyl groups excluding tert-OH is 1. The summed E-state index contributed by atoms with van der Waals surface area (Å²) in [5.74, 6) is 0.285. The molecule has 0 aliphatic carbocycles. The molecule has 6 heteroatoms. The summed E-state index contributed by atoms with van der Waals surface area (Å²) in [7, 11) is 0. The van der Waals surface area contributed by atoms with Gasteiger partial charge in [-0.1, -0.05) is 35.0 Å². The Bertz CT molecular complexity index is 698. The van der Waals surface area contributed by atoms with Crippen LogP contribution in [0, 0.1) is 6.92 Å². The Morgan fingerprint density at radius 3 is 2.95 bits per heavy atom. The summed E-state index contributed by atoms with van der Waals surface area (Å²) >= 11 is 6.21. The van der Waals surface area contributed by atoms with Gasteiger partial charge in [-0.15, -0.1) is 0 Å². The molecule has 1 fully saturated rings. The van der Waals surface area contributed by atoms with Crippen LogP contribution in [0.4, 0.5) is 0 Å². The van der Waals surface area contributed by atoms with Gasteiger partial charge in [0.15, 0.2) is 0 Å². The first-order chi connectivity index (χ1) is 10.6. The average molecular weight is 321 g/mol. The van der Waals surface area contributed by atoms with Gasteiger partial charge in [-0.05, 0) is 25.8 Å². The zero-order valence-corrected chi connectivity index (χ0v) is 13.0. The van der Waals surface area contributed by atoms with Gasteiger partial charge < -0.3 is 14.5 Å². The van der Waals surface area contributed by atoms with E-state index in [1.54, 1.807) is 17.9 Å². The third-order valence-electron chi connectivity index (χ3n) is 3.89. The third kappa shape index (κ3) is 2.74. The molecule has 5 nitrogen and oxygen atoms in total. The number of benzene rings is 1. The van der Waals surface area contributed by atoms with Crippen molar-refractivity contribution in [3.63, 3.8) is 0 Å². The van der Waals surface area contributed by atoms with Gasteiger partial charge in [0.25, 0.3) is 5.91 Å². The molecule has 0 radical (unpaired) electrons. The van der Waals surface area contributed by atoms with Crippen LogP contribution in [0.3, 0.4) is 0 Å².